The third-order valence-electron chi connectivity index (χ3n) is 2.98. The summed E-state index contributed by atoms with van der Waals surface area (Å²) >= 11 is 11.9. The summed E-state index contributed by atoms with van der Waals surface area (Å²) in [5, 5.41) is 0.846. The number of benzene rings is 1. The van der Waals surface area contributed by atoms with Gasteiger partial charge in [-0.05, 0) is 29.8 Å². The summed E-state index contributed by atoms with van der Waals surface area (Å²) in [6, 6.07) is 7.94. The fourth-order valence-corrected chi connectivity index (χ4v) is 2.42. The molecule has 0 spiro atoms. The van der Waals surface area contributed by atoms with Crippen LogP contribution in [-0.2, 0) is 6.54 Å². The van der Waals surface area contributed by atoms with E-state index in [0.29, 0.717) is 15.6 Å². The van der Waals surface area contributed by atoms with Gasteiger partial charge in [-0.15, -0.1) is 0 Å². The van der Waals surface area contributed by atoms with Crippen LogP contribution in [0, 0.1) is 0 Å². The molecule has 0 amide bonds. The molecule has 0 N–H and O–H groups in total. The lowest BCUT2D eigenvalue weighted by Gasteiger charge is -2.07. The van der Waals surface area contributed by atoms with Gasteiger partial charge in [0, 0.05) is 16.2 Å². The van der Waals surface area contributed by atoms with Gasteiger partial charge in [-0.3, -0.25) is 4.79 Å². The Bertz CT molecular complexity index is 947. The van der Waals surface area contributed by atoms with Crippen LogP contribution in [0.15, 0.2) is 50.5 Å². The summed E-state index contributed by atoms with van der Waals surface area (Å²) in [5.41, 5.74) is 0.326. The van der Waals surface area contributed by atoms with Crippen molar-refractivity contribution >= 4 is 34.3 Å². The molecule has 0 aliphatic rings. The summed E-state index contributed by atoms with van der Waals surface area (Å²) < 4.78 is 6.03. The highest BCUT2D eigenvalue weighted by atomic mass is 35.5. The quantitative estimate of drug-likeness (QED) is 0.727. The highest BCUT2D eigenvalue weighted by molar-refractivity contribution is 6.35. The van der Waals surface area contributed by atoms with Crippen LogP contribution >= 0.6 is 23.2 Å². The average Bonchev–Trinajstić information content (AvgIpc) is 2.45. The van der Waals surface area contributed by atoms with Crippen molar-refractivity contribution in [3.05, 3.63) is 73.0 Å². The first-order valence-corrected chi connectivity index (χ1v) is 6.74. The van der Waals surface area contributed by atoms with Crippen molar-refractivity contribution in [3.63, 3.8) is 0 Å². The van der Waals surface area contributed by atoms with E-state index in [9.17, 15) is 9.59 Å². The zero-order chi connectivity index (χ0) is 15.0. The van der Waals surface area contributed by atoms with Gasteiger partial charge in [-0.1, -0.05) is 29.3 Å². The van der Waals surface area contributed by atoms with E-state index in [2.05, 4.69) is 4.98 Å². The first kappa shape index (κ1) is 13.9. The molecule has 0 atom stereocenters. The summed E-state index contributed by atoms with van der Waals surface area (Å²) in [5.74, 6) is -0.758. The van der Waals surface area contributed by atoms with E-state index in [0.717, 1.165) is 4.57 Å². The molecule has 0 aliphatic carbocycles. The Hall–Kier alpha value is -2.11. The van der Waals surface area contributed by atoms with Gasteiger partial charge in [0.15, 0.2) is 11.1 Å². The Morgan fingerprint density at radius 3 is 2.76 bits per heavy atom. The molecule has 5 nitrogen and oxygen atoms in total. The molecule has 1 aromatic carbocycles. The predicted octanol–water partition coefficient (Wildman–Crippen LogP) is 2.70. The number of hydrogen-bond donors (Lipinski definition) is 0. The van der Waals surface area contributed by atoms with Gasteiger partial charge in [-0.25, -0.2) is 14.3 Å². The number of nitrogens with zero attached hydrogens (tertiary/aromatic N) is 2. The molecule has 3 rings (SSSR count). The molecule has 21 heavy (non-hydrogen) atoms. The monoisotopic (exact) mass is 322 g/mol. The molecule has 2 heterocycles. The Labute approximate surface area is 128 Å². The van der Waals surface area contributed by atoms with Crippen molar-refractivity contribution in [1.82, 2.24) is 9.55 Å². The lowest BCUT2D eigenvalue weighted by Crippen LogP contribution is -2.33. The van der Waals surface area contributed by atoms with Gasteiger partial charge in [0.1, 0.15) is 0 Å². The first-order valence-electron chi connectivity index (χ1n) is 5.99. The predicted molar refractivity (Wildman–Crippen MR) is 80.1 cm³/mol. The van der Waals surface area contributed by atoms with Crippen molar-refractivity contribution in [2.24, 2.45) is 0 Å². The normalized spacial score (nSPS) is 11.0. The number of hydrogen-bond acceptors (Lipinski definition) is 4. The standard InChI is InChI=1S/C14H8Cl2N2O3/c15-9-4-3-8(10(16)6-9)7-18-13(19)12-11(21-14(18)20)2-1-5-17-12/h1-6H,7H2. The molecular weight excluding hydrogens is 315 g/mol. The fourth-order valence-electron chi connectivity index (χ4n) is 1.95. The number of pyridine rings is 1. The molecule has 0 aliphatic heterocycles. The fraction of sp³-hybridized carbons (Fsp3) is 0.0714. The minimum absolute atomic E-state index is 0.0102. The zero-order valence-corrected chi connectivity index (χ0v) is 12.1. The summed E-state index contributed by atoms with van der Waals surface area (Å²) in [6.45, 7) is -0.0102. The van der Waals surface area contributed by atoms with Crippen LogP contribution in [0.5, 0.6) is 0 Å². The van der Waals surface area contributed by atoms with Crippen molar-refractivity contribution in [1.29, 1.82) is 0 Å². The van der Waals surface area contributed by atoms with Crippen LogP contribution in [-0.4, -0.2) is 9.55 Å². The molecule has 0 saturated heterocycles. The molecule has 0 fully saturated rings. The van der Waals surface area contributed by atoms with Crippen LogP contribution in [0.4, 0.5) is 0 Å². The van der Waals surface area contributed by atoms with Gasteiger partial charge in [0.25, 0.3) is 5.56 Å². The molecule has 0 saturated carbocycles. The number of aromatic nitrogens is 2. The van der Waals surface area contributed by atoms with Crippen LogP contribution in [0.3, 0.4) is 0 Å². The first-order chi connectivity index (χ1) is 10.1. The van der Waals surface area contributed by atoms with Crippen LogP contribution < -0.4 is 11.3 Å². The Kier molecular flexibility index (Phi) is 3.53. The van der Waals surface area contributed by atoms with Crippen LogP contribution in [0.2, 0.25) is 10.0 Å². The second kappa shape index (κ2) is 5.35. The number of fused-ring (bicyclic) bond motifs is 1. The molecule has 0 unspecified atom stereocenters. The van der Waals surface area contributed by atoms with Crippen molar-refractivity contribution in [3.8, 4) is 0 Å². The van der Waals surface area contributed by atoms with Gasteiger partial charge in [-0.2, -0.15) is 0 Å². The maximum Gasteiger partial charge on any atom is 0.422 e. The van der Waals surface area contributed by atoms with Gasteiger partial charge in [0.2, 0.25) is 0 Å². The van der Waals surface area contributed by atoms with E-state index >= 15 is 0 Å². The van der Waals surface area contributed by atoms with E-state index in [4.69, 9.17) is 27.6 Å². The molecule has 2 aromatic heterocycles. The maximum atomic E-state index is 12.3. The smallest absolute Gasteiger partial charge is 0.407 e. The van der Waals surface area contributed by atoms with Crippen LogP contribution in [0.1, 0.15) is 5.56 Å². The molecule has 0 radical (unpaired) electrons. The number of halogens is 2. The third-order valence-corrected chi connectivity index (χ3v) is 3.57. The average molecular weight is 323 g/mol. The van der Waals surface area contributed by atoms with E-state index < -0.39 is 11.3 Å². The lowest BCUT2D eigenvalue weighted by molar-refractivity contribution is 0.469. The number of rotatable bonds is 2. The van der Waals surface area contributed by atoms with E-state index in [1.165, 1.54) is 12.3 Å². The Morgan fingerprint density at radius 1 is 1.19 bits per heavy atom. The van der Waals surface area contributed by atoms with E-state index in [1.807, 2.05) is 0 Å². The van der Waals surface area contributed by atoms with E-state index in [-0.39, 0.29) is 17.6 Å². The summed E-state index contributed by atoms with van der Waals surface area (Å²) in [6.07, 6.45) is 1.46. The van der Waals surface area contributed by atoms with Crippen molar-refractivity contribution in [2.45, 2.75) is 6.54 Å². The van der Waals surface area contributed by atoms with Gasteiger partial charge < -0.3 is 4.42 Å². The topological polar surface area (TPSA) is 65.1 Å². The molecule has 106 valence electrons. The van der Waals surface area contributed by atoms with Gasteiger partial charge >= 0.3 is 5.76 Å². The zero-order valence-electron chi connectivity index (χ0n) is 10.5. The van der Waals surface area contributed by atoms with E-state index in [1.54, 1.807) is 24.3 Å². The minimum Gasteiger partial charge on any atom is -0.407 e. The lowest BCUT2D eigenvalue weighted by atomic mass is 10.2. The molecule has 3 aromatic rings. The summed E-state index contributed by atoms with van der Waals surface area (Å²) in [7, 11) is 0. The third kappa shape index (κ3) is 2.57. The SMILES string of the molecule is O=c1oc2cccnc2c(=O)n1Cc1ccc(Cl)cc1Cl. The molecule has 0 bridgehead atoms. The van der Waals surface area contributed by atoms with Crippen molar-refractivity contribution in [2.75, 3.05) is 0 Å². The maximum absolute atomic E-state index is 12.3. The minimum atomic E-state index is -0.758. The highest BCUT2D eigenvalue weighted by Crippen LogP contribution is 2.21. The second-order valence-corrected chi connectivity index (χ2v) is 5.19. The van der Waals surface area contributed by atoms with Gasteiger partial charge in [0.05, 0.1) is 6.54 Å². The van der Waals surface area contributed by atoms with Crippen molar-refractivity contribution < 1.29 is 4.42 Å². The van der Waals surface area contributed by atoms with Crippen LogP contribution in [0.25, 0.3) is 11.1 Å². The second-order valence-electron chi connectivity index (χ2n) is 4.35. The Morgan fingerprint density at radius 2 is 2.00 bits per heavy atom. The molecular formula is C14H8Cl2N2O3. The summed E-state index contributed by atoms with van der Waals surface area (Å²) in [4.78, 5) is 28.2. The largest absolute Gasteiger partial charge is 0.422 e. The Balaban J connectivity index is 2.17. The molecule has 7 heteroatoms. The highest BCUT2D eigenvalue weighted by Gasteiger charge is 2.12.